The van der Waals surface area contributed by atoms with E-state index >= 15 is 0 Å². The summed E-state index contributed by atoms with van der Waals surface area (Å²) in [7, 11) is -20.9. The molecule has 0 spiro atoms. The molecule has 0 amide bonds. The Balaban J connectivity index is 1.53. The Labute approximate surface area is 260 Å². The molecule has 5 aromatic carbocycles. The van der Waals surface area contributed by atoms with E-state index in [1.807, 2.05) is 0 Å². The van der Waals surface area contributed by atoms with Gasteiger partial charge in [0.15, 0.2) is 0 Å². The molecule has 0 saturated heterocycles. The van der Waals surface area contributed by atoms with Crippen LogP contribution in [-0.4, -0.2) is 42.1 Å². The Morgan fingerprint density at radius 2 is 0.244 bits per heavy atom. The first-order valence-corrected chi connectivity index (χ1v) is 20.2. The van der Waals surface area contributed by atoms with Crippen molar-refractivity contribution in [3.63, 3.8) is 0 Å². The molecule has 0 fully saturated rings. The Bertz CT molecular complexity index is 1950. The van der Waals surface area contributed by atoms with Crippen molar-refractivity contribution in [2.24, 2.45) is 0 Å². The summed E-state index contributed by atoms with van der Waals surface area (Å²) in [5.41, 5.74) is 0. The topological polar surface area (TPSA) is 171 Å². The second-order valence-corrected chi connectivity index (χ2v) is 19.6. The minimum Gasteiger partial charge on any atom is -0.219 e. The van der Waals surface area contributed by atoms with Crippen molar-refractivity contribution in [2.45, 2.75) is 49.0 Å². The fraction of sp³-hybridized carbons (Fsp3) is 0. The summed E-state index contributed by atoms with van der Waals surface area (Å²) in [4.78, 5) is -2.44. The van der Waals surface area contributed by atoms with Gasteiger partial charge in [-0.3, -0.25) is 0 Å². The van der Waals surface area contributed by atoms with Gasteiger partial charge in [-0.2, -0.15) is 0 Å². The number of rotatable bonds is 0. The monoisotopic (exact) mass is 700 g/mol. The van der Waals surface area contributed by atoms with Crippen molar-refractivity contribution >= 4 is 49.2 Å². The summed E-state index contributed by atoms with van der Waals surface area (Å²) in [6.45, 7) is 0. The highest BCUT2D eigenvalue weighted by Gasteiger charge is 2.26. The smallest absolute Gasteiger partial charge is 0.206 e. The maximum atomic E-state index is 13.3. The van der Waals surface area contributed by atoms with Crippen LogP contribution in [0.2, 0.25) is 0 Å². The summed E-state index contributed by atoms with van der Waals surface area (Å²) in [6, 6.07) is 22.1. The number of hydrogen-bond acceptors (Lipinski definition) is 10. The lowest BCUT2D eigenvalue weighted by Gasteiger charge is -2.09. The summed E-state index contributed by atoms with van der Waals surface area (Å²) >= 11 is 0. The predicted molar refractivity (Wildman–Crippen MR) is 159 cm³/mol. The lowest BCUT2D eigenvalue weighted by Crippen LogP contribution is -2.07. The Morgan fingerprint density at radius 3 is 0.311 bits per heavy atom. The molecule has 6 aliphatic heterocycles. The number of hydrogen-bond donors (Lipinski definition) is 0. The van der Waals surface area contributed by atoms with Crippen LogP contribution in [0.15, 0.2) is 170 Å². The molecule has 10 bridgehead atoms. The third-order valence-electron chi connectivity index (χ3n) is 7.22. The van der Waals surface area contributed by atoms with Crippen LogP contribution in [-0.2, 0) is 49.2 Å². The number of sulfone groups is 5. The third-order valence-corrected chi connectivity index (χ3v) is 16.1. The van der Waals surface area contributed by atoms with Crippen molar-refractivity contribution in [1.82, 2.24) is 0 Å². The van der Waals surface area contributed by atoms with Gasteiger partial charge in [0.05, 0.1) is 49.0 Å². The predicted octanol–water partition coefficient (Wildman–Crippen LogP) is 4.16. The van der Waals surface area contributed by atoms with E-state index in [0.29, 0.717) is 0 Å². The first-order valence-electron chi connectivity index (χ1n) is 12.8. The molecule has 15 heteroatoms. The Morgan fingerprint density at radius 1 is 0.178 bits per heavy atom. The summed E-state index contributed by atoms with van der Waals surface area (Å²) in [6.07, 6.45) is 0. The maximum Gasteiger partial charge on any atom is 0.206 e. The van der Waals surface area contributed by atoms with Crippen LogP contribution in [0.1, 0.15) is 0 Å². The molecule has 0 aliphatic carbocycles. The molecule has 0 radical (unpaired) electrons. The molecule has 11 rings (SSSR count). The molecule has 6 aliphatic rings. The third kappa shape index (κ3) is 5.10. The molecule has 0 unspecified atom stereocenters. The van der Waals surface area contributed by atoms with E-state index in [-0.39, 0.29) is 49.0 Å². The molecule has 10 nitrogen and oxygen atoms in total. The van der Waals surface area contributed by atoms with E-state index in [1.165, 1.54) is 0 Å². The summed E-state index contributed by atoms with van der Waals surface area (Å²) in [5, 5.41) is 0. The molecule has 0 atom stereocenters. The fourth-order valence-electron chi connectivity index (χ4n) is 4.67. The Kier molecular flexibility index (Phi) is 7.17. The van der Waals surface area contributed by atoms with Crippen LogP contribution in [0, 0.1) is 0 Å². The van der Waals surface area contributed by atoms with Gasteiger partial charge in [0.25, 0.3) is 0 Å². The van der Waals surface area contributed by atoms with Gasteiger partial charge < -0.3 is 0 Å². The molecular formula is C30H20O10S5. The van der Waals surface area contributed by atoms with Gasteiger partial charge in [-0.05, 0) is 121 Å². The first-order chi connectivity index (χ1) is 21.1. The zero-order valence-electron chi connectivity index (χ0n) is 22.7. The number of fused-ring (bicyclic) bond motifs is 5. The van der Waals surface area contributed by atoms with Crippen molar-refractivity contribution in [1.29, 1.82) is 0 Å². The molecule has 230 valence electrons. The lowest BCUT2D eigenvalue weighted by atomic mass is 10.4. The van der Waals surface area contributed by atoms with Gasteiger partial charge in [0.2, 0.25) is 49.2 Å². The van der Waals surface area contributed by atoms with E-state index in [2.05, 4.69) is 0 Å². The normalized spacial score (nSPS) is 18.7. The highest BCUT2D eigenvalue weighted by molar-refractivity contribution is 7.93. The Hall–Kier alpha value is -4.15. The number of benzene rings is 5. The molecule has 45 heavy (non-hydrogen) atoms. The second-order valence-electron chi connectivity index (χ2n) is 9.87. The molecule has 0 N–H and O–H groups in total. The van der Waals surface area contributed by atoms with Gasteiger partial charge in [0.1, 0.15) is 0 Å². The van der Waals surface area contributed by atoms with E-state index < -0.39 is 49.2 Å². The van der Waals surface area contributed by atoms with Crippen LogP contribution >= 0.6 is 0 Å². The van der Waals surface area contributed by atoms with E-state index in [1.54, 1.807) is 0 Å². The van der Waals surface area contributed by atoms with Crippen LogP contribution in [0.5, 0.6) is 0 Å². The van der Waals surface area contributed by atoms with Crippen LogP contribution in [0.25, 0.3) is 0 Å². The van der Waals surface area contributed by atoms with Gasteiger partial charge in [-0.15, -0.1) is 0 Å². The maximum absolute atomic E-state index is 13.3. The van der Waals surface area contributed by atoms with Crippen LogP contribution in [0.4, 0.5) is 0 Å². The van der Waals surface area contributed by atoms with E-state index in [9.17, 15) is 42.1 Å². The molecule has 6 heterocycles. The minimum absolute atomic E-state index is 0.244. The zero-order valence-corrected chi connectivity index (χ0v) is 26.8. The van der Waals surface area contributed by atoms with Crippen LogP contribution in [0.3, 0.4) is 0 Å². The largest absolute Gasteiger partial charge is 0.219 e. The van der Waals surface area contributed by atoms with Gasteiger partial charge in [-0.1, -0.05) is 0 Å². The second kappa shape index (κ2) is 10.5. The standard InChI is InChI=1S/C30H20O10S5/c31-41(32)21-1-2-22(4-3-21)42(33,34)24-9-11-26(12-10-24)44(37,38)28-17-19-30(20-18-28)45(39,40)29-15-13-27(14-16-29)43(35,36)25-7-5-23(41)6-8-25/h1-20H. The average molecular weight is 701 g/mol. The fourth-order valence-corrected chi connectivity index (χ4v) is 11.0. The molecule has 0 aromatic heterocycles. The lowest BCUT2D eigenvalue weighted by molar-refractivity contribution is 0.591. The minimum atomic E-state index is -4.18. The zero-order chi connectivity index (χ0) is 32.4. The van der Waals surface area contributed by atoms with E-state index in [0.717, 1.165) is 121 Å². The SMILES string of the molecule is O=S1(=O)c2ccc(cc2)S(=O)(=O)c2ccc(cc2)S(=O)(=O)c2ccc(cc2)S(=O)(=O)c2ccc(cc2)S(=O)(=O)c2ccc1cc2. The van der Waals surface area contributed by atoms with Gasteiger partial charge >= 0.3 is 0 Å². The van der Waals surface area contributed by atoms with Gasteiger partial charge in [-0.25, -0.2) is 42.1 Å². The van der Waals surface area contributed by atoms with E-state index in [4.69, 9.17) is 0 Å². The first kappa shape index (κ1) is 30.9. The summed E-state index contributed by atoms with van der Waals surface area (Å²) in [5.74, 6) is 0. The quantitative estimate of drug-likeness (QED) is 0.224. The van der Waals surface area contributed by atoms with Gasteiger partial charge in [0, 0.05) is 0 Å². The van der Waals surface area contributed by atoms with Crippen molar-refractivity contribution < 1.29 is 42.1 Å². The highest BCUT2D eigenvalue weighted by atomic mass is 32.2. The highest BCUT2D eigenvalue weighted by Crippen LogP contribution is 2.31. The molecular weight excluding hydrogens is 681 g/mol. The van der Waals surface area contributed by atoms with Crippen molar-refractivity contribution in [3.8, 4) is 0 Å². The molecule has 0 saturated carbocycles. The molecule has 5 aromatic rings. The summed E-state index contributed by atoms with van der Waals surface area (Å²) < 4.78 is 133. The average Bonchev–Trinajstić information content (AvgIpc) is 3.04. The van der Waals surface area contributed by atoms with Crippen LogP contribution < -0.4 is 0 Å². The van der Waals surface area contributed by atoms with Crippen molar-refractivity contribution in [3.05, 3.63) is 121 Å². The van der Waals surface area contributed by atoms with Crippen molar-refractivity contribution in [2.75, 3.05) is 0 Å².